The maximum Gasteiger partial charge on any atom is 0.103 e. The van der Waals surface area contributed by atoms with Crippen LogP contribution in [0.5, 0.6) is 0 Å². The number of furan rings is 1. The highest BCUT2D eigenvalue weighted by Crippen LogP contribution is 2.05. The van der Waals surface area contributed by atoms with E-state index in [1.54, 1.807) is 6.26 Å². The lowest BCUT2D eigenvalue weighted by atomic mass is 10.2. The van der Waals surface area contributed by atoms with E-state index in [-0.39, 0.29) is 24.0 Å². The molecular formula is C10H18INO. The summed E-state index contributed by atoms with van der Waals surface area (Å²) in [6, 6.07) is 3.98. The Morgan fingerprint density at radius 2 is 2.00 bits per heavy atom. The number of aryl methyl sites for hydroxylation is 1. The molecule has 1 rings (SSSR count). The molecule has 0 N–H and O–H groups in total. The molecule has 0 aromatic carbocycles. The second-order valence-corrected chi connectivity index (χ2v) is 4.20. The van der Waals surface area contributed by atoms with Crippen molar-refractivity contribution in [3.8, 4) is 0 Å². The monoisotopic (exact) mass is 295 g/mol. The number of hydrogen-bond acceptors (Lipinski definition) is 1. The van der Waals surface area contributed by atoms with Crippen molar-refractivity contribution in [1.82, 2.24) is 0 Å². The van der Waals surface area contributed by atoms with E-state index in [1.165, 1.54) is 13.0 Å². The Bertz CT molecular complexity index is 213. The molecule has 13 heavy (non-hydrogen) atoms. The van der Waals surface area contributed by atoms with Crippen LogP contribution in [0.25, 0.3) is 0 Å². The van der Waals surface area contributed by atoms with E-state index >= 15 is 0 Å². The first-order valence-electron chi connectivity index (χ1n) is 4.41. The number of nitrogens with zero attached hydrogens (tertiary/aromatic N) is 1. The van der Waals surface area contributed by atoms with Crippen molar-refractivity contribution in [3.05, 3.63) is 24.2 Å². The van der Waals surface area contributed by atoms with E-state index in [1.807, 2.05) is 12.1 Å². The minimum Gasteiger partial charge on any atom is -1.00 e. The zero-order chi connectivity index (χ0) is 9.03. The fourth-order valence-electron chi connectivity index (χ4n) is 1.18. The first-order chi connectivity index (χ1) is 5.58. The zero-order valence-electron chi connectivity index (χ0n) is 8.59. The van der Waals surface area contributed by atoms with Crippen molar-refractivity contribution in [3.63, 3.8) is 0 Å². The summed E-state index contributed by atoms with van der Waals surface area (Å²) in [6.07, 6.45) is 3.99. The largest absolute Gasteiger partial charge is 1.00 e. The van der Waals surface area contributed by atoms with Gasteiger partial charge in [0.05, 0.1) is 34.0 Å². The topological polar surface area (TPSA) is 13.1 Å². The standard InChI is InChI=1S/C10H18NO.HI/c1-11(2,3)8-4-6-10-7-5-9-12-10;/h5,7,9H,4,6,8H2,1-3H3;1H/q+1;/p-1. The van der Waals surface area contributed by atoms with Crippen LogP contribution in [0.3, 0.4) is 0 Å². The second kappa shape index (κ2) is 5.65. The van der Waals surface area contributed by atoms with Gasteiger partial charge in [0.15, 0.2) is 0 Å². The van der Waals surface area contributed by atoms with Crippen LogP contribution in [-0.2, 0) is 6.42 Å². The van der Waals surface area contributed by atoms with Crippen LogP contribution in [0.1, 0.15) is 12.2 Å². The van der Waals surface area contributed by atoms with Crippen molar-refractivity contribution in [1.29, 1.82) is 0 Å². The van der Waals surface area contributed by atoms with Crippen LogP contribution in [-0.4, -0.2) is 32.2 Å². The molecule has 1 heterocycles. The maximum atomic E-state index is 5.24. The van der Waals surface area contributed by atoms with Crippen molar-refractivity contribution in [2.45, 2.75) is 12.8 Å². The van der Waals surface area contributed by atoms with Gasteiger partial charge in [-0.1, -0.05) is 0 Å². The molecule has 0 aliphatic rings. The van der Waals surface area contributed by atoms with Crippen molar-refractivity contribution in [2.75, 3.05) is 27.7 Å². The van der Waals surface area contributed by atoms with Gasteiger partial charge in [-0.15, -0.1) is 0 Å². The molecule has 1 aromatic heterocycles. The molecule has 0 unspecified atom stereocenters. The number of hydrogen-bond donors (Lipinski definition) is 0. The highest BCUT2D eigenvalue weighted by Gasteiger charge is 2.06. The molecule has 0 aliphatic carbocycles. The lowest BCUT2D eigenvalue weighted by Gasteiger charge is -2.23. The summed E-state index contributed by atoms with van der Waals surface area (Å²) in [4.78, 5) is 0. The van der Waals surface area contributed by atoms with Gasteiger partial charge in [0.25, 0.3) is 0 Å². The maximum absolute atomic E-state index is 5.24. The third kappa shape index (κ3) is 6.10. The van der Waals surface area contributed by atoms with Gasteiger partial charge in [-0.2, -0.15) is 0 Å². The first-order valence-corrected chi connectivity index (χ1v) is 4.41. The van der Waals surface area contributed by atoms with Gasteiger partial charge in [0.1, 0.15) is 5.76 Å². The van der Waals surface area contributed by atoms with Crippen LogP contribution in [0.2, 0.25) is 0 Å². The summed E-state index contributed by atoms with van der Waals surface area (Å²) in [5.41, 5.74) is 0. The first kappa shape index (κ1) is 13.0. The molecule has 1 aromatic rings. The minimum absolute atomic E-state index is 0. The molecule has 0 spiro atoms. The van der Waals surface area contributed by atoms with Gasteiger partial charge in [-0.05, 0) is 12.1 Å². The smallest absolute Gasteiger partial charge is 0.103 e. The molecule has 0 atom stereocenters. The Morgan fingerprint density at radius 1 is 1.31 bits per heavy atom. The number of halogens is 1. The molecule has 0 saturated heterocycles. The van der Waals surface area contributed by atoms with Gasteiger partial charge in [0, 0.05) is 12.8 Å². The Hall–Kier alpha value is -0.0300. The van der Waals surface area contributed by atoms with Gasteiger partial charge in [0.2, 0.25) is 0 Å². The Kier molecular flexibility index (Phi) is 5.64. The van der Waals surface area contributed by atoms with E-state index < -0.39 is 0 Å². The zero-order valence-corrected chi connectivity index (χ0v) is 10.7. The van der Waals surface area contributed by atoms with Crippen molar-refractivity contribution >= 4 is 0 Å². The second-order valence-electron chi connectivity index (χ2n) is 4.20. The molecule has 0 saturated carbocycles. The molecule has 0 amide bonds. The minimum atomic E-state index is 0. The number of rotatable bonds is 4. The average molecular weight is 295 g/mol. The summed E-state index contributed by atoms with van der Waals surface area (Å²) in [6.45, 7) is 1.20. The van der Waals surface area contributed by atoms with Crippen LogP contribution in [0.15, 0.2) is 22.8 Å². The lowest BCUT2D eigenvalue weighted by molar-refractivity contribution is -0.870. The normalized spacial score (nSPS) is 11.0. The van der Waals surface area contributed by atoms with E-state index in [0.717, 1.165) is 16.7 Å². The predicted molar refractivity (Wildman–Crippen MR) is 49.9 cm³/mol. The highest BCUT2D eigenvalue weighted by atomic mass is 127. The predicted octanol–water partition coefficient (Wildman–Crippen LogP) is -1.08. The fourth-order valence-corrected chi connectivity index (χ4v) is 1.18. The molecule has 0 bridgehead atoms. The molecular weight excluding hydrogens is 277 g/mol. The molecule has 3 heteroatoms. The van der Waals surface area contributed by atoms with Gasteiger partial charge < -0.3 is 32.9 Å². The summed E-state index contributed by atoms with van der Waals surface area (Å²) in [5, 5.41) is 0. The Balaban J connectivity index is 0.00000144. The Labute approximate surface area is 97.5 Å². The SMILES string of the molecule is C[N+](C)(C)CCCc1ccco1.[I-]. The van der Waals surface area contributed by atoms with E-state index in [2.05, 4.69) is 21.1 Å². The number of quaternary nitrogens is 1. The summed E-state index contributed by atoms with van der Waals surface area (Å²) >= 11 is 0. The molecule has 2 nitrogen and oxygen atoms in total. The Morgan fingerprint density at radius 3 is 2.46 bits per heavy atom. The molecule has 0 aliphatic heterocycles. The van der Waals surface area contributed by atoms with Crippen LogP contribution in [0.4, 0.5) is 0 Å². The van der Waals surface area contributed by atoms with Gasteiger partial charge >= 0.3 is 0 Å². The third-order valence-electron chi connectivity index (χ3n) is 1.83. The third-order valence-corrected chi connectivity index (χ3v) is 1.83. The highest BCUT2D eigenvalue weighted by molar-refractivity contribution is 4.97. The molecule has 0 radical (unpaired) electrons. The summed E-state index contributed by atoms with van der Waals surface area (Å²) in [5.74, 6) is 1.10. The average Bonchev–Trinajstić information content (AvgIpc) is 2.36. The quantitative estimate of drug-likeness (QED) is 0.509. The van der Waals surface area contributed by atoms with E-state index in [0.29, 0.717) is 0 Å². The van der Waals surface area contributed by atoms with Crippen LogP contribution >= 0.6 is 0 Å². The van der Waals surface area contributed by atoms with Crippen molar-refractivity contribution < 1.29 is 32.9 Å². The molecule has 76 valence electrons. The van der Waals surface area contributed by atoms with E-state index in [4.69, 9.17) is 4.42 Å². The summed E-state index contributed by atoms with van der Waals surface area (Å²) < 4.78 is 6.27. The fraction of sp³-hybridized carbons (Fsp3) is 0.600. The van der Waals surface area contributed by atoms with Crippen molar-refractivity contribution in [2.24, 2.45) is 0 Å². The lowest BCUT2D eigenvalue weighted by Crippen LogP contribution is -3.00. The summed E-state index contributed by atoms with van der Waals surface area (Å²) in [7, 11) is 6.63. The van der Waals surface area contributed by atoms with E-state index in [9.17, 15) is 0 Å². The molecule has 0 fully saturated rings. The van der Waals surface area contributed by atoms with Crippen LogP contribution < -0.4 is 24.0 Å². The van der Waals surface area contributed by atoms with Gasteiger partial charge in [-0.25, -0.2) is 0 Å². The van der Waals surface area contributed by atoms with Gasteiger partial charge in [-0.3, -0.25) is 0 Å². The van der Waals surface area contributed by atoms with Crippen LogP contribution in [0, 0.1) is 0 Å².